The molecule has 112 valence electrons. The van der Waals surface area contributed by atoms with Crippen LogP contribution >= 0.6 is 11.6 Å². The summed E-state index contributed by atoms with van der Waals surface area (Å²) < 4.78 is 0. The second-order valence-corrected chi connectivity index (χ2v) is 5.61. The van der Waals surface area contributed by atoms with Crippen molar-refractivity contribution < 1.29 is 14.7 Å². The molecule has 2 aromatic rings. The van der Waals surface area contributed by atoms with Gasteiger partial charge in [0.2, 0.25) is 0 Å². The van der Waals surface area contributed by atoms with Crippen LogP contribution in [0.4, 0.5) is 5.69 Å². The van der Waals surface area contributed by atoms with Crippen molar-refractivity contribution in [3.05, 3.63) is 51.3 Å². The highest BCUT2D eigenvalue weighted by Crippen LogP contribution is 2.35. The van der Waals surface area contributed by atoms with Gasteiger partial charge in [0, 0.05) is 22.0 Å². The summed E-state index contributed by atoms with van der Waals surface area (Å²) in [7, 11) is 0. The second-order valence-electron chi connectivity index (χ2n) is 5.17. The van der Waals surface area contributed by atoms with Crippen LogP contribution in [-0.4, -0.2) is 22.0 Å². The summed E-state index contributed by atoms with van der Waals surface area (Å²) in [6.45, 7) is 3.41. The Morgan fingerprint density at radius 1 is 1.32 bits per heavy atom. The van der Waals surface area contributed by atoms with Crippen LogP contribution in [0.15, 0.2) is 18.2 Å². The Kier molecular flexibility index (Phi) is 3.30. The smallest absolute Gasteiger partial charge is 0.337 e. The second kappa shape index (κ2) is 5.03. The number of fused-ring (bicyclic) bond motifs is 1. The number of aromatic carboxylic acids is 1. The van der Waals surface area contributed by atoms with Crippen LogP contribution < -0.4 is 5.32 Å². The molecule has 3 rings (SSSR count). The fourth-order valence-corrected chi connectivity index (χ4v) is 2.87. The van der Waals surface area contributed by atoms with Crippen molar-refractivity contribution in [2.75, 3.05) is 5.32 Å². The molecule has 0 radical (unpaired) electrons. The molecule has 1 aliphatic rings. The zero-order chi connectivity index (χ0) is 16.0. The molecule has 1 aliphatic heterocycles. The minimum atomic E-state index is -0.987. The zero-order valence-corrected chi connectivity index (χ0v) is 12.7. The summed E-state index contributed by atoms with van der Waals surface area (Å²) in [6, 6.07) is 5.17. The third kappa shape index (κ3) is 2.19. The van der Waals surface area contributed by atoms with Crippen molar-refractivity contribution in [2.24, 2.45) is 0 Å². The van der Waals surface area contributed by atoms with Crippen molar-refractivity contribution in [3.63, 3.8) is 0 Å². The highest BCUT2D eigenvalue weighted by Gasteiger charge is 2.25. The maximum atomic E-state index is 12.1. The molecule has 0 aliphatic carbocycles. The van der Waals surface area contributed by atoms with Gasteiger partial charge in [-0.3, -0.25) is 4.79 Å². The lowest BCUT2D eigenvalue weighted by Gasteiger charge is -1.99. The van der Waals surface area contributed by atoms with Gasteiger partial charge >= 0.3 is 5.97 Å². The summed E-state index contributed by atoms with van der Waals surface area (Å²) in [6.07, 6.45) is 1.67. The third-order valence-corrected chi connectivity index (χ3v) is 3.98. The maximum Gasteiger partial charge on any atom is 0.337 e. The number of halogens is 1. The number of anilines is 1. The average molecular weight is 317 g/mol. The van der Waals surface area contributed by atoms with Crippen molar-refractivity contribution in [1.82, 2.24) is 4.98 Å². The van der Waals surface area contributed by atoms with Crippen LogP contribution in [0.3, 0.4) is 0 Å². The molecule has 1 aromatic carbocycles. The Labute approximate surface area is 131 Å². The number of nitrogens with one attached hydrogen (secondary N) is 2. The lowest BCUT2D eigenvalue weighted by molar-refractivity contribution is -0.110. The van der Waals surface area contributed by atoms with Gasteiger partial charge in [0.25, 0.3) is 5.91 Å². The maximum absolute atomic E-state index is 12.1. The fourth-order valence-electron chi connectivity index (χ4n) is 2.69. The van der Waals surface area contributed by atoms with Gasteiger partial charge < -0.3 is 15.4 Å². The summed E-state index contributed by atoms with van der Waals surface area (Å²) in [5, 5.41) is 12.5. The van der Waals surface area contributed by atoms with Crippen molar-refractivity contribution in [1.29, 1.82) is 0 Å². The Morgan fingerprint density at radius 3 is 2.68 bits per heavy atom. The van der Waals surface area contributed by atoms with E-state index in [4.69, 9.17) is 11.6 Å². The van der Waals surface area contributed by atoms with E-state index >= 15 is 0 Å². The summed E-state index contributed by atoms with van der Waals surface area (Å²) in [4.78, 5) is 26.4. The predicted octanol–water partition coefficient (Wildman–Crippen LogP) is 3.48. The number of benzene rings is 1. The third-order valence-electron chi connectivity index (χ3n) is 3.74. The van der Waals surface area contributed by atoms with Crippen LogP contribution in [0.1, 0.15) is 32.9 Å². The van der Waals surface area contributed by atoms with Crippen LogP contribution in [0, 0.1) is 13.8 Å². The number of carboxylic acids is 1. The Morgan fingerprint density at radius 2 is 2.05 bits per heavy atom. The first-order valence-corrected chi connectivity index (χ1v) is 7.01. The first-order chi connectivity index (χ1) is 10.4. The van der Waals surface area contributed by atoms with E-state index in [1.165, 1.54) is 0 Å². The number of amides is 1. The number of hydrogen-bond acceptors (Lipinski definition) is 2. The van der Waals surface area contributed by atoms with Crippen LogP contribution in [0.2, 0.25) is 5.02 Å². The molecule has 0 atom stereocenters. The molecular formula is C16H13ClN2O3. The van der Waals surface area contributed by atoms with Gasteiger partial charge in [0.05, 0.1) is 16.8 Å². The van der Waals surface area contributed by atoms with Crippen LogP contribution in [0.5, 0.6) is 0 Å². The first-order valence-electron chi connectivity index (χ1n) is 6.64. The van der Waals surface area contributed by atoms with Crippen molar-refractivity contribution >= 4 is 40.8 Å². The predicted molar refractivity (Wildman–Crippen MR) is 85.2 cm³/mol. The van der Waals surface area contributed by atoms with E-state index in [0.717, 1.165) is 5.56 Å². The number of hydrogen-bond donors (Lipinski definition) is 3. The monoisotopic (exact) mass is 316 g/mol. The normalized spacial score (nSPS) is 15.0. The van der Waals surface area contributed by atoms with Crippen LogP contribution in [-0.2, 0) is 4.79 Å². The number of aromatic nitrogens is 1. The molecule has 0 spiro atoms. The molecule has 0 fully saturated rings. The minimum Gasteiger partial charge on any atom is -0.478 e. The van der Waals surface area contributed by atoms with E-state index in [-0.39, 0.29) is 11.5 Å². The summed E-state index contributed by atoms with van der Waals surface area (Å²) >= 11 is 5.92. The van der Waals surface area contributed by atoms with E-state index in [1.54, 1.807) is 38.1 Å². The molecule has 2 heterocycles. The molecule has 6 heteroatoms. The van der Waals surface area contributed by atoms with Gasteiger partial charge in [-0.25, -0.2) is 4.79 Å². The van der Waals surface area contributed by atoms with E-state index in [1.807, 2.05) is 0 Å². The molecule has 22 heavy (non-hydrogen) atoms. The molecule has 0 bridgehead atoms. The number of aromatic amines is 1. The van der Waals surface area contributed by atoms with E-state index in [0.29, 0.717) is 33.2 Å². The van der Waals surface area contributed by atoms with Gasteiger partial charge in [0.15, 0.2) is 0 Å². The highest BCUT2D eigenvalue weighted by atomic mass is 35.5. The molecular weight excluding hydrogens is 304 g/mol. The highest BCUT2D eigenvalue weighted by molar-refractivity contribution is 6.36. The van der Waals surface area contributed by atoms with Gasteiger partial charge in [-0.15, -0.1) is 0 Å². The molecule has 0 saturated carbocycles. The standard InChI is InChI=1S/C16H13ClN2O3/c1-7-12(18-8(2)14(7)16(21)22)6-11-10-4-3-9(17)5-13(10)19-15(11)20/h3-6,18H,1-2H3,(H,19,20)(H,21,22)/b11-6-. The molecule has 1 aromatic heterocycles. The number of rotatable bonds is 2. The lowest BCUT2D eigenvalue weighted by Crippen LogP contribution is -2.03. The Bertz CT molecular complexity index is 849. The number of H-pyrrole nitrogens is 1. The van der Waals surface area contributed by atoms with Gasteiger partial charge in [-0.2, -0.15) is 0 Å². The van der Waals surface area contributed by atoms with E-state index in [2.05, 4.69) is 10.3 Å². The fraction of sp³-hybridized carbons (Fsp3) is 0.125. The number of carboxylic acid groups (broad SMARTS) is 1. The SMILES string of the molecule is Cc1[nH]c(/C=C2\C(=O)Nc3cc(Cl)ccc32)c(C)c1C(=O)O. The summed E-state index contributed by atoms with van der Waals surface area (Å²) in [5.74, 6) is -1.22. The van der Waals surface area contributed by atoms with Crippen LogP contribution in [0.25, 0.3) is 11.6 Å². The molecule has 1 amide bonds. The van der Waals surface area contributed by atoms with E-state index in [9.17, 15) is 14.7 Å². The largest absolute Gasteiger partial charge is 0.478 e. The number of carbonyl (C=O) groups is 2. The van der Waals surface area contributed by atoms with E-state index < -0.39 is 5.97 Å². The first kappa shape index (κ1) is 14.4. The van der Waals surface area contributed by atoms with Gasteiger partial charge in [-0.05, 0) is 37.6 Å². The quantitative estimate of drug-likeness (QED) is 0.742. The molecule has 0 saturated heterocycles. The number of carbonyl (C=O) groups excluding carboxylic acids is 1. The van der Waals surface area contributed by atoms with Crippen molar-refractivity contribution in [3.8, 4) is 0 Å². The zero-order valence-electron chi connectivity index (χ0n) is 12.0. The topological polar surface area (TPSA) is 82.2 Å². The summed E-state index contributed by atoms with van der Waals surface area (Å²) in [5.41, 5.74) is 3.90. The lowest BCUT2D eigenvalue weighted by atomic mass is 10.0. The molecule has 0 unspecified atom stereocenters. The molecule has 3 N–H and O–H groups in total. The minimum absolute atomic E-state index is 0.235. The van der Waals surface area contributed by atoms with Gasteiger partial charge in [-0.1, -0.05) is 17.7 Å². The Balaban J connectivity index is 2.13. The average Bonchev–Trinajstić information content (AvgIpc) is 2.87. The van der Waals surface area contributed by atoms with Gasteiger partial charge in [0.1, 0.15) is 0 Å². The van der Waals surface area contributed by atoms with Crippen molar-refractivity contribution in [2.45, 2.75) is 13.8 Å². The Hall–Kier alpha value is -2.53. The molecule has 5 nitrogen and oxygen atoms in total. The number of aryl methyl sites for hydroxylation is 1.